The number of fused-ring (bicyclic) bond motifs is 1. The largest absolute Gasteiger partial charge is 0.354 e. The van der Waals surface area contributed by atoms with Gasteiger partial charge >= 0.3 is 0 Å². The fourth-order valence-corrected chi connectivity index (χ4v) is 4.14. The van der Waals surface area contributed by atoms with E-state index in [1.54, 1.807) is 19.2 Å². The fourth-order valence-electron chi connectivity index (χ4n) is 4.14. The van der Waals surface area contributed by atoms with Crippen LogP contribution in [0.5, 0.6) is 0 Å². The molecular formula is C26H28FN9O2. The number of anilines is 4. The van der Waals surface area contributed by atoms with Crippen molar-refractivity contribution in [1.29, 1.82) is 0 Å². The Labute approximate surface area is 218 Å². The summed E-state index contributed by atoms with van der Waals surface area (Å²) in [5.41, 5.74) is 1.92. The molecule has 0 aliphatic carbocycles. The highest BCUT2D eigenvalue weighted by atomic mass is 19.1. The fraction of sp³-hybridized carbons (Fsp3) is 0.308. The predicted octanol–water partition coefficient (Wildman–Crippen LogP) is 4.11. The first kappa shape index (κ1) is 25.2. The molecule has 0 spiro atoms. The molecule has 0 unspecified atom stereocenters. The van der Waals surface area contributed by atoms with Gasteiger partial charge in [-0.2, -0.15) is 0 Å². The van der Waals surface area contributed by atoms with Gasteiger partial charge in [0.15, 0.2) is 17.4 Å². The number of carbonyl (C=O) groups excluding carboxylic acids is 1. The van der Waals surface area contributed by atoms with Crippen LogP contribution in [0.1, 0.15) is 36.9 Å². The summed E-state index contributed by atoms with van der Waals surface area (Å²) in [7, 11) is 0. The summed E-state index contributed by atoms with van der Waals surface area (Å²) >= 11 is 0. The molecule has 0 bridgehead atoms. The van der Waals surface area contributed by atoms with Gasteiger partial charge in [0.25, 0.3) is 5.91 Å². The van der Waals surface area contributed by atoms with E-state index < -0.39 is 11.7 Å². The first-order valence-electron chi connectivity index (χ1n) is 12.3. The molecule has 1 aliphatic heterocycles. The molecule has 2 N–H and O–H groups in total. The van der Waals surface area contributed by atoms with E-state index in [9.17, 15) is 9.18 Å². The summed E-state index contributed by atoms with van der Waals surface area (Å²) in [6.07, 6.45) is 2.99. The molecule has 4 heterocycles. The molecule has 1 fully saturated rings. The normalized spacial score (nSPS) is 14.2. The molecule has 38 heavy (non-hydrogen) atoms. The number of nitrogens with one attached hydrogen (secondary N) is 2. The maximum atomic E-state index is 14.8. The third-order valence-corrected chi connectivity index (χ3v) is 6.35. The number of allylic oxidation sites excluding steroid dienone is 1. The molecule has 1 aliphatic rings. The van der Waals surface area contributed by atoms with E-state index in [0.717, 1.165) is 26.2 Å². The number of hydrogen-bond acceptors (Lipinski definition) is 10. The van der Waals surface area contributed by atoms with Crippen LogP contribution in [0.2, 0.25) is 0 Å². The molecule has 3 aromatic heterocycles. The first-order valence-corrected chi connectivity index (χ1v) is 12.3. The molecule has 4 aromatic rings. The summed E-state index contributed by atoms with van der Waals surface area (Å²) in [5, 5.41) is 9.42. The Hall–Kier alpha value is -4.45. The molecule has 0 saturated carbocycles. The van der Waals surface area contributed by atoms with Gasteiger partial charge < -0.3 is 20.1 Å². The Morgan fingerprint density at radius 3 is 2.63 bits per heavy atom. The Kier molecular flexibility index (Phi) is 6.97. The highest BCUT2D eigenvalue weighted by Crippen LogP contribution is 2.26. The minimum absolute atomic E-state index is 0.0612. The second-order valence-corrected chi connectivity index (χ2v) is 9.37. The summed E-state index contributed by atoms with van der Waals surface area (Å²) in [6, 6.07) is 6.03. The highest BCUT2D eigenvalue weighted by Gasteiger charge is 2.22. The zero-order valence-electron chi connectivity index (χ0n) is 21.4. The van der Waals surface area contributed by atoms with Gasteiger partial charge in [0, 0.05) is 43.9 Å². The van der Waals surface area contributed by atoms with Crippen LogP contribution in [0, 0.1) is 5.82 Å². The van der Waals surface area contributed by atoms with E-state index in [2.05, 4.69) is 61.0 Å². The van der Waals surface area contributed by atoms with E-state index in [0.29, 0.717) is 40.2 Å². The number of halogens is 1. The summed E-state index contributed by atoms with van der Waals surface area (Å²) in [6.45, 7) is 13.3. The molecular weight excluding hydrogens is 489 g/mol. The van der Waals surface area contributed by atoms with Crippen molar-refractivity contribution in [2.24, 2.45) is 0 Å². The van der Waals surface area contributed by atoms with Crippen molar-refractivity contribution in [2.75, 3.05) is 41.7 Å². The SMILES string of the molecule is C=C(C)c1cc(NC(=O)c2ccc(F)c(Nc3ncnc4cnc(N5CCN(C(C)C)CC5)nc34)c2)no1. The minimum Gasteiger partial charge on any atom is -0.354 e. The molecule has 0 atom stereocenters. The van der Waals surface area contributed by atoms with Gasteiger partial charge in [-0.15, -0.1) is 0 Å². The van der Waals surface area contributed by atoms with E-state index in [1.165, 1.54) is 24.5 Å². The van der Waals surface area contributed by atoms with Gasteiger partial charge in [0.1, 0.15) is 23.2 Å². The van der Waals surface area contributed by atoms with Crippen LogP contribution in [0.15, 0.2) is 47.9 Å². The van der Waals surface area contributed by atoms with E-state index in [4.69, 9.17) is 9.51 Å². The van der Waals surface area contributed by atoms with Crippen molar-refractivity contribution in [3.05, 3.63) is 60.5 Å². The van der Waals surface area contributed by atoms with Gasteiger partial charge in [0.2, 0.25) is 5.95 Å². The van der Waals surface area contributed by atoms with E-state index in [1.807, 2.05) is 0 Å². The molecule has 5 rings (SSSR count). The van der Waals surface area contributed by atoms with E-state index >= 15 is 0 Å². The molecule has 12 heteroatoms. The van der Waals surface area contributed by atoms with Crippen molar-refractivity contribution < 1.29 is 13.7 Å². The van der Waals surface area contributed by atoms with Gasteiger partial charge in [-0.1, -0.05) is 11.7 Å². The molecule has 1 amide bonds. The Morgan fingerprint density at radius 1 is 1.13 bits per heavy atom. The van der Waals surface area contributed by atoms with Crippen molar-refractivity contribution in [3.8, 4) is 0 Å². The summed E-state index contributed by atoms with van der Waals surface area (Å²) in [4.78, 5) is 35.0. The van der Waals surface area contributed by atoms with Crippen LogP contribution in [0.4, 0.5) is 27.7 Å². The Bertz CT molecular complexity index is 1500. The lowest BCUT2D eigenvalue weighted by Gasteiger charge is -2.36. The Morgan fingerprint density at radius 2 is 1.92 bits per heavy atom. The molecule has 1 saturated heterocycles. The van der Waals surface area contributed by atoms with Crippen molar-refractivity contribution in [2.45, 2.75) is 26.8 Å². The minimum atomic E-state index is -0.557. The lowest BCUT2D eigenvalue weighted by Crippen LogP contribution is -2.49. The van der Waals surface area contributed by atoms with Crippen LogP contribution in [0.25, 0.3) is 16.6 Å². The average molecular weight is 518 g/mol. The number of hydrogen-bond donors (Lipinski definition) is 2. The quantitative estimate of drug-likeness (QED) is 0.370. The average Bonchev–Trinajstić information content (AvgIpc) is 3.39. The summed E-state index contributed by atoms with van der Waals surface area (Å²) in [5.74, 6) is 0.519. The van der Waals surface area contributed by atoms with Gasteiger partial charge in [-0.25, -0.2) is 24.3 Å². The predicted molar refractivity (Wildman–Crippen MR) is 143 cm³/mol. The van der Waals surface area contributed by atoms with Gasteiger partial charge in [-0.3, -0.25) is 9.69 Å². The Balaban J connectivity index is 1.38. The van der Waals surface area contributed by atoms with Crippen LogP contribution >= 0.6 is 0 Å². The highest BCUT2D eigenvalue weighted by molar-refractivity contribution is 6.04. The number of carbonyl (C=O) groups is 1. The van der Waals surface area contributed by atoms with Crippen LogP contribution < -0.4 is 15.5 Å². The molecule has 11 nitrogen and oxygen atoms in total. The van der Waals surface area contributed by atoms with Crippen LogP contribution in [0.3, 0.4) is 0 Å². The van der Waals surface area contributed by atoms with E-state index in [-0.39, 0.29) is 17.1 Å². The van der Waals surface area contributed by atoms with Gasteiger partial charge in [-0.05, 0) is 44.5 Å². The van der Waals surface area contributed by atoms with Crippen LogP contribution in [-0.2, 0) is 0 Å². The topological polar surface area (TPSA) is 125 Å². The maximum absolute atomic E-state index is 14.8. The first-order chi connectivity index (χ1) is 18.3. The number of piperazine rings is 1. The maximum Gasteiger partial charge on any atom is 0.256 e. The second kappa shape index (κ2) is 10.5. The lowest BCUT2D eigenvalue weighted by molar-refractivity contribution is 0.102. The summed E-state index contributed by atoms with van der Waals surface area (Å²) < 4.78 is 19.9. The smallest absolute Gasteiger partial charge is 0.256 e. The third kappa shape index (κ3) is 5.30. The zero-order chi connectivity index (χ0) is 26.8. The zero-order valence-corrected chi connectivity index (χ0v) is 21.4. The number of nitrogens with zero attached hydrogens (tertiary/aromatic N) is 7. The molecule has 196 valence electrons. The monoisotopic (exact) mass is 517 g/mol. The number of amides is 1. The standard InChI is InChI=1S/C26H28FN9O2/c1-15(2)21-12-22(34-38-21)32-25(37)17-5-6-18(27)19(11-17)31-24-23-20(29-14-30-24)13-28-26(33-23)36-9-7-35(8-10-36)16(3)4/h5-6,11-14,16H,1,7-10H2,2-4H3,(H,29,30,31)(H,32,34,37). The molecule has 1 aromatic carbocycles. The van der Waals surface area contributed by atoms with Crippen molar-refractivity contribution in [3.63, 3.8) is 0 Å². The third-order valence-electron chi connectivity index (χ3n) is 6.35. The second-order valence-electron chi connectivity index (χ2n) is 9.37. The van der Waals surface area contributed by atoms with Crippen LogP contribution in [-0.4, -0.2) is 68.1 Å². The number of rotatable bonds is 7. The van der Waals surface area contributed by atoms with Gasteiger partial charge in [0.05, 0.1) is 11.9 Å². The van der Waals surface area contributed by atoms with Crippen molar-refractivity contribution >= 4 is 45.8 Å². The van der Waals surface area contributed by atoms with Crippen molar-refractivity contribution in [1.82, 2.24) is 30.0 Å². The number of aromatic nitrogens is 5. The molecule has 0 radical (unpaired) electrons. The number of benzene rings is 1. The lowest BCUT2D eigenvalue weighted by atomic mass is 10.1.